The molecule has 0 unspecified atom stereocenters. The lowest BCUT2D eigenvalue weighted by Gasteiger charge is -1.99. The zero-order valence-electron chi connectivity index (χ0n) is 8.01. The van der Waals surface area contributed by atoms with E-state index in [4.69, 9.17) is 4.74 Å². The van der Waals surface area contributed by atoms with Gasteiger partial charge >= 0.3 is 0 Å². The molecule has 0 spiro atoms. The van der Waals surface area contributed by atoms with Gasteiger partial charge in [-0.2, -0.15) is 5.10 Å². The average Bonchev–Trinajstić information content (AvgIpc) is 2.65. The second-order valence-corrected chi connectivity index (χ2v) is 2.85. The fourth-order valence-corrected chi connectivity index (χ4v) is 1.14. The number of rotatable bonds is 2. The lowest BCUT2D eigenvalue weighted by Crippen LogP contribution is -1.90. The normalized spacial score (nSPS) is 10.1. The quantitative estimate of drug-likeness (QED) is 0.705. The van der Waals surface area contributed by atoms with Crippen molar-refractivity contribution in [2.24, 2.45) is 7.05 Å². The standard InChI is InChI=1S/C9H10N4O/c1-13-6-7(3-11-13)8-4-10-5-9(12-8)14-2/h3-6H,1-2H3. The van der Waals surface area contributed by atoms with E-state index in [1.54, 1.807) is 30.4 Å². The molecule has 0 aromatic carbocycles. The van der Waals surface area contributed by atoms with Crippen LogP contribution in [-0.4, -0.2) is 26.9 Å². The lowest BCUT2D eigenvalue weighted by molar-refractivity contribution is 0.396. The van der Waals surface area contributed by atoms with Crippen LogP contribution in [0.25, 0.3) is 11.3 Å². The molecule has 0 amide bonds. The fraction of sp³-hybridized carbons (Fsp3) is 0.222. The summed E-state index contributed by atoms with van der Waals surface area (Å²) in [4.78, 5) is 8.25. The van der Waals surface area contributed by atoms with Crippen molar-refractivity contribution >= 4 is 0 Å². The molecule has 0 bridgehead atoms. The van der Waals surface area contributed by atoms with E-state index < -0.39 is 0 Å². The van der Waals surface area contributed by atoms with Crippen molar-refractivity contribution in [3.63, 3.8) is 0 Å². The van der Waals surface area contributed by atoms with E-state index in [0.717, 1.165) is 11.3 Å². The maximum absolute atomic E-state index is 4.98. The van der Waals surface area contributed by atoms with Crippen LogP contribution in [0.1, 0.15) is 0 Å². The summed E-state index contributed by atoms with van der Waals surface area (Å²) in [5.74, 6) is 0.506. The van der Waals surface area contributed by atoms with E-state index in [1.807, 2.05) is 13.2 Å². The minimum Gasteiger partial charge on any atom is -0.480 e. The van der Waals surface area contributed by atoms with Crippen molar-refractivity contribution in [2.45, 2.75) is 0 Å². The highest BCUT2D eigenvalue weighted by molar-refractivity contribution is 5.55. The number of nitrogens with zero attached hydrogens (tertiary/aromatic N) is 4. The summed E-state index contributed by atoms with van der Waals surface area (Å²) in [5, 5.41) is 4.06. The van der Waals surface area contributed by atoms with Crippen LogP contribution >= 0.6 is 0 Å². The number of hydrogen-bond donors (Lipinski definition) is 0. The second-order valence-electron chi connectivity index (χ2n) is 2.85. The number of aromatic nitrogens is 4. The minimum absolute atomic E-state index is 0.506. The Morgan fingerprint density at radius 3 is 2.79 bits per heavy atom. The van der Waals surface area contributed by atoms with E-state index in [-0.39, 0.29) is 0 Å². The van der Waals surface area contributed by atoms with Crippen LogP contribution in [-0.2, 0) is 7.05 Å². The summed E-state index contributed by atoms with van der Waals surface area (Å²) in [7, 11) is 3.42. The van der Waals surface area contributed by atoms with Crippen LogP contribution < -0.4 is 4.74 Å². The molecule has 14 heavy (non-hydrogen) atoms. The average molecular weight is 190 g/mol. The van der Waals surface area contributed by atoms with Gasteiger partial charge in [0.1, 0.15) is 0 Å². The third kappa shape index (κ3) is 1.56. The molecule has 72 valence electrons. The maximum Gasteiger partial charge on any atom is 0.232 e. The van der Waals surface area contributed by atoms with Crippen LogP contribution in [0.15, 0.2) is 24.8 Å². The molecule has 2 aromatic rings. The third-order valence-electron chi connectivity index (χ3n) is 1.82. The molecule has 0 aliphatic carbocycles. The predicted molar refractivity (Wildman–Crippen MR) is 50.8 cm³/mol. The van der Waals surface area contributed by atoms with Gasteiger partial charge in [0.05, 0.1) is 31.4 Å². The van der Waals surface area contributed by atoms with E-state index in [0.29, 0.717) is 5.88 Å². The Bertz CT molecular complexity index is 438. The molecule has 0 atom stereocenters. The van der Waals surface area contributed by atoms with Crippen molar-refractivity contribution in [1.29, 1.82) is 0 Å². The van der Waals surface area contributed by atoms with Crippen LogP contribution in [0, 0.1) is 0 Å². The van der Waals surface area contributed by atoms with Crippen molar-refractivity contribution < 1.29 is 4.74 Å². The van der Waals surface area contributed by atoms with Gasteiger partial charge in [-0.15, -0.1) is 0 Å². The minimum atomic E-state index is 0.506. The Balaban J connectivity index is 2.41. The summed E-state index contributed by atoms with van der Waals surface area (Å²) in [6.45, 7) is 0. The first kappa shape index (κ1) is 8.68. The lowest BCUT2D eigenvalue weighted by atomic mass is 10.3. The van der Waals surface area contributed by atoms with Crippen molar-refractivity contribution in [3.05, 3.63) is 24.8 Å². The molecule has 2 aromatic heterocycles. The van der Waals surface area contributed by atoms with Crippen molar-refractivity contribution in [2.75, 3.05) is 7.11 Å². The molecule has 5 heteroatoms. The summed E-state index contributed by atoms with van der Waals surface area (Å²) in [5.41, 5.74) is 1.69. The fourth-order valence-electron chi connectivity index (χ4n) is 1.14. The molecule has 0 fully saturated rings. The van der Waals surface area contributed by atoms with Gasteiger partial charge in [-0.05, 0) is 0 Å². The van der Waals surface area contributed by atoms with Crippen LogP contribution in [0.4, 0.5) is 0 Å². The monoisotopic (exact) mass is 190 g/mol. The van der Waals surface area contributed by atoms with Gasteiger partial charge in [0.15, 0.2) is 0 Å². The smallest absolute Gasteiger partial charge is 0.232 e. The van der Waals surface area contributed by atoms with E-state index in [1.165, 1.54) is 0 Å². The molecule has 0 radical (unpaired) electrons. The van der Waals surface area contributed by atoms with Crippen molar-refractivity contribution in [3.8, 4) is 17.1 Å². The molecule has 0 saturated heterocycles. The van der Waals surface area contributed by atoms with Gasteiger partial charge in [0.25, 0.3) is 0 Å². The Morgan fingerprint density at radius 2 is 2.14 bits per heavy atom. The van der Waals surface area contributed by atoms with Gasteiger partial charge in [-0.25, -0.2) is 4.98 Å². The van der Waals surface area contributed by atoms with Crippen LogP contribution in [0.5, 0.6) is 5.88 Å². The Kier molecular flexibility index (Phi) is 2.14. The Hall–Kier alpha value is -1.91. The second kappa shape index (κ2) is 3.45. The van der Waals surface area contributed by atoms with Crippen LogP contribution in [0.2, 0.25) is 0 Å². The highest BCUT2D eigenvalue weighted by atomic mass is 16.5. The Labute approximate surface area is 81.4 Å². The molecule has 0 aliphatic rings. The largest absolute Gasteiger partial charge is 0.480 e. The molecule has 0 N–H and O–H groups in total. The predicted octanol–water partition coefficient (Wildman–Crippen LogP) is 0.886. The highest BCUT2D eigenvalue weighted by Gasteiger charge is 2.03. The highest BCUT2D eigenvalue weighted by Crippen LogP contribution is 2.16. The van der Waals surface area contributed by atoms with Gasteiger partial charge < -0.3 is 4.74 Å². The first-order valence-corrected chi connectivity index (χ1v) is 4.14. The van der Waals surface area contributed by atoms with E-state index in [9.17, 15) is 0 Å². The summed E-state index contributed by atoms with van der Waals surface area (Å²) in [6, 6.07) is 0. The SMILES string of the molecule is COc1cncc(-c2cnn(C)c2)n1. The molecule has 2 rings (SSSR count). The number of methoxy groups -OCH3 is 1. The Morgan fingerprint density at radius 1 is 1.29 bits per heavy atom. The number of ether oxygens (including phenoxy) is 1. The molecular formula is C9H10N4O. The summed E-state index contributed by atoms with van der Waals surface area (Å²) < 4.78 is 6.70. The number of aryl methyl sites for hydroxylation is 1. The van der Waals surface area contributed by atoms with Crippen molar-refractivity contribution in [1.82, 2.24) is 19.7 Å². The zero-order chi connectivity index (χ0) is 9.97. The van der Waals surface area contributed by atoms with E-state index in [2.05, 4.69) is 15.1 Å². The zero-order valence-corrected chi connectivity index (χ0v) is 8.01. The maximum atomic E-state index is 4.98. The first-order valence-electron chi connectivity index (χ1n) is 4.14. The first-order chi connectivity index (χ1) is 6.79. The summed E-state index contributed by atoms with van der Waals surface area (Å²) in [6.07, 6.45) is 6.87. The molecule has 2 heterocycles. The molecule has 0 saturated carbocycles. The van der Waals surface area contributed by atoms with Crippen LogP contribution in [0.3, 0.4) is 0 Å². The molecule has 5 nitrogen and oxygen atoms in total. The van der Waals surface area contributed by atoms with E-state index >= 15 is 0 Å². The molecular weight excluding hydrogens is 180 g/mol. The molecule has 0 aliphatic heterocycles. The number of hydrogen-bond acceptors (Lipinski definition) is 4. The van der Waals surface area contributed by atoms with Gasteiger partial charge in [-0.3, -0.25) is 9.67 Å². The third-order valence-corrected chi connectivity index (χ3v) is 1.82. The topological polar surface area (TPSA) is 52.8 Å². The van der Waals surface area contributed by atoms with Gasteiger partial charge in [0.2, 0.25) is 5.88 Å². The summed E-state index contributed by atoms with van der Waals surface area (Å²) >= 11 is 0. The van der Waals surface area contributed by atoms with Gasteiger partial charge in [-0.1, -0.05) is 0 Å². The van der Waals surface area contributed by atoms with Gasteiger partial charge in [0, 0.05) is 18.8 Å².